The van der Waals surface area contributed by atoms with Crippen LogP contribution >= 0.6 is 11.3 Å². The van der Waals surface area contributed by atoms with Crippen molar-refractivity contribution in [2.24, 2.45) is 0 Å². The molecule has 2 heterocycles. The maximum atomic E-state index is 11.5. The predicted octanol–water partition coefficient (Wildman–Crippen LogP) is 0.983. The number of nitrogens with one attached hydrogen (secondary N) is 2. The van der Waals surface area contributed by atoms with E-state index in [1.807, 2.05) is 11.4 Å². The fourth-order valence-corrected chi connectivity index (χ4v) is 1.77. The number of nitrogen functional groups attached to an aromatic ring is 1. The molecule has 0 aromatic carbocycles. The molecule has 4 N–H and O–H groups in total. The van der Waals surface area contributed by atoms with Crippen LogP contribution in [-0.4, -0.2) is 16.1 Å². The van der Waals surface area contributed by atoms with E-state index in [9.17, 15) is 4.79 Å². The van der Waals surface area contributed by atoms with Gasteiger partial charge in [-0.3, -0.25) is 9.89 Å². The number of hydrogen-bond donors (Lipinski definition) is 3. The fourth-order valence-electron chi connectivity index (χ4n) is 1.13. The van der Waals surface area contributed by atoms with Crippen molar-refractivity contribution in [3.05, 3.63) is 34.2 Å². The number of anilines is 1. The summed E-state index contributed by atoms with van der Waals surface area (Å²) in [5, 5.41) is 11.0. The Bertz CT molecular complexity index is 448. The summed E-state index contributed by atoms with van der Waals surface area (Å²) < 4.78 is 0. The normalized spacial score (nSPS) is 10.1. The van der Waals surface area contributed by atoms with Crippen LogP contribution in [0.25, 0.3) is 0 Å². The van der Waals surface area contributed by atoms with Crippen LogP contribution in [0.15, 0.2) is 23.7 Å². The van der Waals surface area contributed by atoms with E-state index in [0.717, 1.165) is 5.56 Å². The first kappa shape index (κ1) is 9.72. The van der Waals surface area contributed by atoms with Crippen LogP contribution < -0.4 is 11.1 Å². The number of aromatic amines is 1. The molecule has 0 spiro atoms. The Hall–Kier alpha value is -1.82. The first-order valence-electron chi connectivity index (χ1n) is 4.37. The van der Waals surface area contributed by atoms with Gasteiger partial charge >= 0.3 is 0 Å². The SMILES string of the molecule is Nc1[nH]ncc1CNC(=O)c1cccs1. The molecule has 0 aliphatic heterocycles. The van der Waals surface area contributed by atoms with Gasteiger partial charge in [-0.25, -0.2) is 0 Å². The molecule has 2 aromatic heterocycles. The van der Waals surface area contributed by atoms with Gasteiger partial charge in [0.25, 0.3) is 5.91 Å². The smallest absolute Gasteiger partial charge is 0.261 e. The molecule has 2 aromatic rings. The maximum Gasteiger partial charge on any atom is 0.261 e. The molecule has 0 bridgehead atoms. The molecule has 1 amide bonds. The molecule has 78 valence electrons. The van der Waals surface area contributed by atoms with Crippen molar-refractivity contribution in [1.29, 1.82) is 0 Å². The van der Waals surface area contributed by atoms with E-state index >= 15 is 0 Å². The molecule has 0 radical (unpaired) electrons. The number of nitrogens with two attached hydrogens (primary N) is 1. The summed E-state index contributed by atoms with van der Waals surface area (Å²) in [6, 6.07) is 3.62. The maximum absolute atomic E-state index is 11.5. The summed E-state index contributed by atoms with van der Waals surface area (Å²) in [6.07, 6.45) is 1.60. The Morgan fingerprint density at radius 3 is 3.13 bits per heavy atom. The first-order valence-corrected chi connectivity index (χ1v) is 5.25. The van der Waals surface area contributed by atoms with Crippen LogP contribution in [0.3, 0.4) is 0 Å². The van der Waals surface area contributed by atoms with Gasteiger partial charge in [0.05, 0.1) is 11.1 Å². The minimum absolute atomic E-state index is 0.0920. The number of rotatable bonds is 3. The number of H-pyrrole nitrogens is 1. The van der Waals surface area contributed by atoms with E-state index < -0.39 is 0 Å². The average molecular weight is 222 g/mol. The van der Waals surface area contributed by atoms with E-state index in [1.165, 1.54) is 11.3 Å². The molecule has 0 aliphatic rings. The lowest BCUT2D eigenvalue weighted by atomic mass is 10.3. The van der Waals surface area contributed by atoms with Crippen molar-refractivity contribution in [2.45, 2.75) is 6.54 Å². The average Bonchev–Trinajstić information content (AvgIpc) is 2.85. The number of amides is 1. The van der Waals surface area contributed by atoms with Crippen molar-refractivity contribution in [3.63, 3.8) is 0 Å². The lowest BCUT2D eigenvalue weighted by molar-refractivity contribution is 0.0955. The van der Waals surface area contributed by atoms with Crippen molar-refractivity contribution in [2.75, 3.05) is 5.73 Å². The van der Waals surface area contributed by atoms with Crippen molar-refractivity contribution < 1.29 is 4.79 Å². The van der Waals surface area contributed by atoms with Gasteiger partial charge in [-0.2, -0.15) is 5.10 Å². The highest BCUT2D eigenvalue weighted by atomic mass is 32.1. The van der Waals surface area contributed by atoms with E-state index in [2.05, 4.69) is 15.5 Å². The van der Waals surface area contributed by atoms with E-state index in [0.29, 0.717) is 17.2 Å². The Labute approximate surface area is 90.3 Å². The van der Waals surface area contributed by atoms with Gasteiger partial charge in [0.15, 0.2) is 0 Å². The van der Waals surface area contributed by atoms with Crippen molar-refractivity contribution in [3.8, 4) is 0 Å². The topological polar surface area (TPSA) is 83.8 Å². The predicted molar refractivity (Wildman–Crippen MR) is 58.5 cm³/mol. The highest BCUT2D eigenvalue weighted by molar-refractivity contribution is 7.12. The Kier molecular flexibility index (Phi) is 2.68. The second kappa shape index (κ2) is 4.14. The molecule has 0 saturated carbocycles. The van der Waals surface area contributed by atoms with Crippen LogP contribution in [0, 0.1) is 0 Å². The number of aromatic nitrogens is 2. The number of carbonyl (C=O) groups is 1. The molecular formula is C9H10N4OS. The molecule has 0 unspecified atom stereocenters. The van der Waals surface area contributed by atoms with E-state index in [1.54, 1.807) is 12.3 Å². The highest BCUT2D eigenvalue weighted by Crippen LogP contribution is 2.09. The van der Waals surface area contributed by atoms with Gasteiger partial charge in [0.1, 0.15) is 5.82 Å². The van der Waals surface area contributed by atoms with Gasteiger partial charge in [0, 0.05) is 12.1 Å². The summed E-state index contributed by atoms with van der Waals surface area (Å²) in [6.45, 7) is 0.388. The molecular weight excluding hydrogens is 212 g/mol. The lowest BCUT2D eigenvalue weighted by Crippen LogP contribution is -2.21. The second-order valence-corrected chi connectivity index (χ2v) is 3.92. The number of nitrogens with zero attached hydrogens (tertiary/aromatic N) is 1. The van der Waals surface area contributed by atoms with Crippen molar-refractivity contribution >= 4 is 23.1 Å². The third kappa shape index (κ3) is 2.16. The van der Waals surface area contributed by atoms with Gasteiger partial charge < -0.3 is 11.1 Å². The Morgan fingerprint density at radius 2 is 2.53 bits per heavy atom. The van der Waals surface area contributed by atoms with Gasteiger partial charge in [-0.05, 0) is 11.4 Å². The minimum Gasteiger partial charge on any atom is -0.384 e. The highest BCUT2D eigenvalue weighted by Gasteiger charge is 2.07. The Balaban J connectivity index is 1.95. The number of hydrogen-bond acceptors (Lipinski definition) is 4. The van der Waals surface area contributed by atoms with Crippen molar-refractivity contribution in [1.82, 2.24) is 15.5 Å². The van der Waals surface area contributed by atoms with Crippen LogP contribution in [0.4, 0.5) is 5.82 Å². The molecule has 0 fully saturated rings. The molecule has 0 saturated heterocycles. The standard InChI is InChI=1S/C9H10N4OS/c10-8-6(5-12-13-8)4-11-9(14)7-2-1-3-15-7/h1-3,5H,4H2,(H,11,14)(H3,10,12,13). The van der Waals surface area contributed by atoms with E-state index in [4.69, 9.17) is 5.73 Å². The number of carbonyl (C=O) groups excluding carboxylic acids is 1. The Morgan fingerprint density at radius 1 is 1.67 bits per heavy atom. The molecule has 5 nitrogen and oxygen atoms in total. The molecule has 15 heavy (non-hydrogen) atoms. The lowest BCUT2D eigenvalue weighted by Gasteiger charge is -2.01. The number of thiophene rings is 1. The summed E-state index contributed by atoms with van der Waals surface area (Å²) in [5.41, 5.74) is 6.37. The fraction of sp³-hybridized carbons (Fsp3) is 0.111. The zero-order chi connectivity index (χ0) is 10.7. The van der Waals surface area contributed by atoms with Gasteiger partial charge in [0.2, 0.25) is 0 Å². The molecule has 0 aliphatic carbocycles. The van der Waals surface area contributed by atoms with Crippen LogP contribution in [-0.2, 0) is 6.54 Å². The summed E-state index contributed by atoms with van der Waals surface area (Å²) in [4.78, 5) is 12.2. The molecule has 2 rings (SSSR count). The second-order valence-electron chi connectivity index (χ2n) is 2.97. The van der Waals surface area contributed by atoms with Gasteiger partial charge in [-0.15, -0.1) is 11.3 Å². The van der Waals surface area contributed by atoms with E-state index in [-0.39, 0.29) is 5.91 Å². The molecule has 0 atom stereocenters. The first-order chi connectivity index (χ1) is 7.27. The van der Waals surface area contributed by atoms with Crippen LogP contribution in [0.2, 0.25) is 0 Å². The van der Waals surface area contributed by atoms with Gasteiger partial charge in [-0.1, -0.05) is 6.07 Å². The zero-order valence-corrected chi connectivity index (χ0v) is 8.67. The third-order valence-electron chi connectivity index (χ3n) is 1.94. The summed E-state index contributed by atoms with van der Waals surface area (Å²) >= 11 is 1.41. The van der Waals surface area contributed by atoms with Crippen LogP contribution in [0.1, 0.15) is 15.2 Å². The molecule has 6 heteroatoms. The largest absolute Gasteiger partial charge is 0.384 e. The third-order valence-corrected chi connectivity index (χ3v) is 2.80. The zero-order valence-electron chi connectivity index (χ0n) is 7.86. The summed E-state index contributed by atoms with van der Waals surface area (Å²) in [7, 11) is 0. The summed E-state index contributed by atoms with van der Waals surface area (Å²) in [5.74, 6) is 0.395. The minimum atomic E-state index is -0.0920. The quantitative estimate of drug-likeness (QED) is 0.724. The van der Waals surface area contributed by atoms with Crippen LogP contribution in [0.5, 0.6) is 0 Å². The monoisotopic (exact) mass is 222 g/mol.